The van der Waals surface area contributed by atoms with Gasteiger partial charge < -0.3 is 16.2 Å². The molecule has 0 amide bonds. The minimum absolute atomic E-state index is 0.0606. The quantitative estimate of drug-likeness (QED) is 0.732. The van der Waals surface area contributed by atoms with Gasteiger partial charge in [-0.15, -0.1) is 0 Å². The normalized spacial score (nSPS) is 15.0. The number of hydrogen-bond donors (Lipinski definition) is 3. The van der Waals surface area contributed by atoms with E-state index >= 15 is 0 Å². The third-order valence-corrected chi connectivity index (χ3v) is 3.21. The van der Waals surface area contributed by atoms with Gasteiger partial charge in [0.25, 0.3) is 0 Å². The van der Waals surface area contributed by atoms with Gasteiger partial charge in [0, 0.05) is 7.05 Å². The fourth-order valence-corrected chi connectivity index (χ4v) is 1.66. The second-order valence-corrected chi connectivity index (χ2v) is 5.12. The van der Waals surface area contributed by atoms with Gasteiger partial charge in [-0.05, 0) is 19.3 Å². The Bertz CT molecular complexity index is 380. The monoisotopic (exact) mass is 240 g/mol. The number of rotatable bonds is 5. The standard InChI is InChI=1S/C12H24N4O/c1-6-12(4,7-17)14-11-9(13)10(8(2)3)15-16(11)5/h8,14,17H,6-7,13H2,1-5H3. The number of hydrogen-bond acceptors (Lipinski definition) is 4. The van der Waals surface area contributed by atoms with Crippen LogP contribution in [0.3, 0.4) is 0 Å². The molecule has 1 aromatic heterocycles. The summed E-state index contributed by atoms with van der Waals surface area (Å²) in [5.74, 6) is 1.07. The van der Waals surface area contributed by atoms with Gasteiger partial charge in [-0.3, -0.25) is 4.68 Å². The smallest absolute Gasteiger partial charge is 0.148 e. The lowest BCUT2D eigenvalue weighted by Gasteiger charge is -2.28. The Balaban J connectivity index is 3.07. The predicted molar refractivity (Wildman–Crippen MR) is 71.1 cm³/mol. The summed E-state index contributed by atoms with van der Waals surface area (Å²) in [6.45, 7) is 8.18. The lowest BCUT2D eigenvalue weighted by molar-refractivity contribution is 0.218. The average Bonchev–Trinajstić information content (AvgIpc) is 2.57. The molecule has 0 aliphatic rings. The molecular formula is C12H24N4O. The molecule has 0 spiro atoms. The van der Waals surface area contributed by atoms with Crippen LogP contribution in [0.1, 0.15) is 45.7 Å². The van der Waals surface area contributed by atoms with Crippen molar-refractivity contribution in [3.63, 3.8) is 0 Å². The number of aliphatic hydroxyl groups excluding tert-OH is 1. The summed E-state index contributed by atoms with van der Waals surface area (Å²) >= 11 is 0. The third kappa shape index (κ3) is 2.72. The van der Waals surface area contributed by atoms with Crippen LogP contribution in [0.15, 0.2) is 0 Å². The molecule has 0 aliphatic heterocycles. The Kier molecular flexibility index (Phi) is 4.03. The zero-order valence-corrected chi connectivity index (χ0v) is 11.4. The molecule has 1 atom stereocenters. The minimum Gasteiger partial charge on any atom is -0.394 e. The van der Waals surface area contributed by atoms with E-state index in [0.29, 0.717) is 11.6 Å². The first-order valence-corrected chi connectivity index (χ1v) is 6.06. The predicted octanol–water partition coefficient (Wildman–Crippen LogP) is 1.70. The van der Waals surface area contributed by atoms with Crippen molar-refractivity contribution in [2.75, 3.05) is 17.7 Å². The van der Waals surface area contributed by atoms with Crippen molar-refractivity contribution in [1.29, 1.82) is 0 Å². The Morgan fingerprint density at radius 1 is 1.53 bits per heavy atom. The first kappa shape index (κ1) is 13.8. The van der Waals surface area contributed by atoms with Crippen molar-refractivity contribution >= 4 is 11.5 Å². The lowest BCUT2D eigenvalue weighted by Crippen LogP contribution is -2.38. The van der Waals surface area contributed by atoms with Crippen molar-refractivity contribution in [3.05, 3.63) is 5.69 Å². The van der Waals surface area contributed by atoms with Gasteiger partial charge in [0.2, 0.25) is 0 Å². The number of aliphatic hydroxyl groups is 1. The highest BCUT2D eigenvalue weighted by Crippen LogP contribution is 2.30. The molecule has 1 aromatic rings. The van der Waals surface area contributed by atoms with E-state index < -0.39 is 0 Å². The molecule has 5 heteroatoms. The van der Waals surface area contributed by atoms with Gasteiger partial charge in [-0.1, -0.05) is 20.8 Å². The van der Waals surface area contributed by atoms with Crippen molar-refractivity contribution in [1.82, 2.24) is 9.78 Å². The molecule has 0 aromatic carbocycles. The van der Waals surface area contributed by atoms with E-state index in [0.717, 1.165) is 17.9 Å². The molecule has 98 valence electrons. The van der Waals surface area contributed by atoms with Crippen LogP contribution in [-0.2, 0) is 7.05 Å². The first-order chi connectivity index (χ1) is 7.84. The van der Waals surface area contributed by atoms with Crippen LogP contribution in [0.25, 0.3) is 0 Å². The van der Waals surface area contributed by atoms with Crippen LogP contribution in [0, 0.1) is 0 Å². The maximum atomic E-state index is 9.41. The fraction of sp³-hybridized carbons (Fsp3) is 0.750. The number of aromatic nitrogens is 2. The molecule has 0 bridgehead atoms. The summed E-state index contributed by atoms with van der Waals surface area (Å²) in [6, 6.07) is 0. The highest BCUT2D eigenvalue weighted by atomic mass is 16.3. The number of aryl methyl sites for hydroxylation is 1. The summed E-state index contributed by atoms with van der Waals surface area (Å²) in [4.78, 5) is 0. The van der Waals surface area contributed by atoms with Crippen LogP contribution < -0.4 is 11.1 Å². The molecule has 0 fully saturated rings. The SMILES string of the molecule is CCC(C)(CO)Nc1c(N)c(C(C)C)nn1C. The van der Waals surface area contributed by atoms with E-state index in [-0.39, 0.29) is 12.1 Å². The fourth-order valence-electron chi connectivity index (χ4n) is 1.66. The maximum absolute atomic E-state index is 9.41. The summed E-state index contributed by atoms with van der Waals surface area (Å²) in [5, 5.41) is 17.1. The Labute approximate surface area is 103 Å². The number of nitrogens with one attached hydrogen (secondary N) is 1. The molecule has 1 heterocycles. The van der Waals surface area contributed by atoms with E-state index in [2.05, 4.69) is 24.3 Å². The van der Waals surface area contributed by atoms with E-state index in [4.69, 9.17) is 5.73 Å². The highest BCUT2D eigenvalue weighted by Gasteiger charge is 2.25. The van der Waals surface area contributed by atoms with Gasteiger partial charge in [0.05, 0.1) is 23.5 Å². The molecule has 17 heavy (non-hydrogen) atoms. The first-order valence-electron chi connectivity index (χ1n) is 6.06. The highest BCUT2D eigenvalue weighted by molar-refractivity contribution is 5.66. The molecular weight excluding hydrogens is 216 g/mol. The van der Waals surface area contributed by atoms with Crippen molar-refractivity contribution < 1.29 is 5.11 Å². The van der Waals surface area contributed by atoms with E-state index in [9.17, 15) is 5.11 Å². The topological polar surface area (TPSA) is 76.1 Å². The van der Waals surface area contributed by atoms with Gasteiger partial charge in [0.15, 0.2) is 0 Å². The molecule has 1 unspecified atom stereocenters. The van der Waals surface area contributed by atoms with Crippen LogP contribution in [0.4, 0.5) is 11.5 Å². The zero-order valence-electron chi connectivity index (χ0n) is 11.4. The Hall–Kier alpha value is -1.23. The van der Waals surface area contributed by atoms with Crippen molar-refractivity contribution in [2.45, 2.75) is 45.6 Å². The summed E-state index contributed by atoms with van der Waals surface area (Å²) in [7, 11) is 1.86. The molecule has 5 nitrogen and oxygen atoms in total. The summed E-state index contributed by atoms with van der Waals surface area (Å²) in [6.07, 6.45) is 0.811. The Morgan fingerprint density at radius 2 is 2.12 bits per heavy atom. The van der Waals surface area contributed by atoms with Crippen LogP contribution >= 0.6 is 0 Å². The van der Waals surface area contributed by atoms with Crippen LogP contribution in [0.2, 0.25) is 0 Å². The van der Waals surface area contributed by atoms with Gasteiger partial charge >= 0.3 is 0 Å². The van der Waals surface area contributed by atoms with Crippen LogP contribution in [-0.4, -0.2) is 27.0 Å². The molecule has 0 aliphatic carbocycles. The van der Waals surface area contributed by atoms with Gasteiger partial charge in [-0.2, -0.15) is 5.10 Å². The van der Waals surface area contributed by atoms with E-state index in [1.807, 2.05) is 20.9 Å². The largest absolute Gasteiger partial charge is 0.394 e. The molecule has 4 N–H and O–H groups in total. The van der Waals surface area contributed by atoms with Crippen molar-refractivity contribution in [3.8, 4) is 0 Å². The summed E-state index contributed by atoms with van der Waals surface area (Å²) < 4.78 is 1.74. The number of nitrogen functional groups attached to an aromatic ring is 1. The van der Waals surface area contributed by atoms with Gasteiger partial charge in [-0.25, -0.2) is 0 Å². The molecule has 1 rings (SSSR count). The molecule has 0 saturated carbocycles. The van der Waals surface area contributed by atoms with Crippen molar-refractivity contribution in [2.24, 2.45) is 7.05 Å². The zero-order chi connectivity index (χ0) is 13.2. The molecule has 0 saturated heterocycles. The minimum atomic E-state index is -0.365. The number of nitrogens with two attached hydrogens (primary N) is 1. The second-order valence-electron chi connectivity index (χ2n) is 5.12. The van der Waals surface area contributed by atoms with E-state index in [1.54, 1.807) is 4.68 Å². The third-order valence-electron chi connectivity index (χ3n) is 3.21. The lowest BCUT2D eigenvalue weighted by atomic mass is 10.00. The molecule has 0 radical (unpaired) electrons. The number of anilines is 2. The van der Waals surface area contributed by atoms with E-state index in [1.165, 1.54) is 0 Å². The van der Waals surface area contributed by atoms with Gasteiger partial charge in [0.1, 0.15) is 5.82 Å². The number of nitrogens with zero attached hydrogens (tertiary/aromatic N) is 2. The van der Waals surface area contributed by atoms with Crippen LogP contribution in [0.5, 0.6) is 0 Å². The average molecular weight is 240 g/mol. The summed E-state index contributed by atoms with van der Waals surface area (Å²) in [5.41, 5.74) is 7.30. The maximum Gasteiger partial charge on any atom is 0.148 e. The Morgan fingerprint density at radius 3 is 2.47 bits per heavy atom. The second kappa shape index (κ2) is 4.96.